The van der Waals surface area contributed by atoms with E-state index in [1.165, 1.54) is 6.07 Å². The van der Waals surface area contributed by atoms with E-state index in [4.69, 9.17) is 0 Å². The van der Waals surface area contributed by atoms with Gasteiger partial charge >= 0.3 is 5.97 Å². The highest BCUT2D eigenvalue weighted by Crippen LogP contribution is 2.34. The number of carbonyl (C=O) groups excluding carboxylic acids is 1. The lowest BCUT2D eigenvalue weighted by Gasteiger charge is -2.24. The molecule has 0 aromatic heterocycles. The second kappa shape index (κ2) is 5.75. The van der Waals surface area contributed by atoms with Crippen molar-refractivity contribution in [2.24, 2.45) is 0 Å². The lowest BCUT2D eigenvalue weighted by atomic mass is 10.1. The molecule has 1 N–H and O–H groups in total. The molecule has 1 aliphatic heterocycles. The van der Waals surface area contributed by atoms with Gasteiger partial charge in [-0.15, -0.1) is 11.8 Å². The Bertz CT molecular complexity index is 480. The van der Waals surface area contributed by atoms with E-state index in [0.29, 0.717) is 11.4 Å². The van der Waals surface area contributed by atoms with Crippen molar-refractivity contribution in [2.75, 3.05) is 16.0 Å². The molecule has 1 saturated heterocycles. The topological polar surface area (TPSA) is 57.6 Å². The summed E-state index contributed by atoms with van der Waals surface area (Å²) in [7, 11) is 0. The number of benzene rings is 1. The van der Waals surface area contributed by atoms with E-state index in [-0.39, 0.29) is 16.8 Å². The Labute approximate surface area is 117 Å². The summed E-state index contributed by atoms with van der Waals surface area (Å²) >= 11 is 4.91. The standard InChI is InChI=1S/C12H12BrNO3S/c13-6-5-11-14(10(15)7-18-11)9-4-2-1-3-8(9)12(16)17/h1-4,11H,5-7H2,(H,16,17). The molecule has 0 radical (unpaired) electrons. The molecule has 0 saturated carbocycles. The number of carbonyl (C=O) groups is 2. The third-order valence-electron chi connectivity index (χ3n) is 2.71. The van der Waals surface area contributed by atoms with E-state index < -0.39 is 5.97 Å². The van der Waals surface area contributed by atoms with Crippen molar-refractivity contribution in [3.63, 3.8) is 0 Å². The number of hydrogen-bond acceptors (Lipinski definition) is 3. The number of aromatic carboxylic acids is 1. The molecule has 1 fully saturated rings. The van der Waals surface area contributed by atoms with Crippen molar-refractivity contribution in [1.82, 2.24) is 0 Å². The van der Waals surface area contributed by atoms with E-state index >= 15 is 0 Å². The Morgan fingerprint density at radius 1 is 1.50 bits per heavy atom. The minimum atomic E-state index is -1.01. The van der Waals surface area contributed by atoms with Crippen molar-refractivity contribution in [3.05, 3.63) is 29.8 Å². The van der Waals surface area contributed by atoms with Crippen LogP contribution in [0.4, 0.5) is 5.69 Å². The van der Waals surface area contributed by atoms with E-state index in [9.17, 15) is 14.7 Å². The fourth-order valence-corrected chi connectivity index (χ4v) is 3.81. The maximum absolute atomic E-state index is 11.9. The van der Waals surface area contributed by atoms with Gasteiger partial charge in [0.2, 0.25) is 5.91 Å². The van der Waals surface area contributed by atoms with Gasteiger partial charge in [0.1, 0.15) is 0 Å². The smallest absolute Gasteiger partial charge is 0.337 e. The average molecular weight is 330 g/mol. The van der Waals surface area contributed by atoms with Crippen molar-refractivity contribution in [1.29, 1.82) is 0 Å². The molecule has 0 bridgehead atoms. The monoisotopic (exact) mass is 329 g/mol. The van der Waals surface area contributed by atoms with Gasteiger partial charge in [0.25, 0.3) is 0 Å². The first kappa shape index (κ1) is 13.4. The number of thioether (sulfide) groups is 1. The molecule has 0 spiro atoms. The summed E-state index contributed by atoms with van der Waals surface area (Å²) in [5.74, 6) is -0.626. The van der Waals surface area contributed by atoms with Gasteiger partial charge < -0.3 is 5.11 Å². The first-order valence-corrected chi connectivity index (χ1v) is 7.64. The van der Waals surface area contributed by atoms with Gasteiger partial charge in [-0.25, -0.2) is 4.79 Å². The zero-order valence-electron chi connectivity index (χ0n) is 9.51. The van der Waals surface area contributed by atoms with Crippen molar-refractivity contribution in [3.8, 4) is 0 Å². The largest absolute Gasteiger partial charge is 0.478 e. The fraction of sp³-hybridized carbons (Fsp3) is 0.333. The average Bonchev–Trinajstić information content (AvgIpc) is 2.71. The number of alkyl halides is 1. The first-order chi connectivity index (χ1) is 8.65. The minimum absolute atomic E-state index is 0.0115. The van der Waals surface area contributed by atoms with Crippen LogP contribution >= 0.6 is 27.7 Å². The van der Waals surface area contributed by atoms with Crippen LogP contribution in [0.5, 0.6) is 0 Å². The van der Waals surface area contributed by atoms with E-state index in [1.54, 1.807) is 34.9 Å². The quantitative estimate of drug-likeness (QED) is 0.862. The Morgan fingerprint density at radius 3 is 2.89 bits per heavy atom. The summed E-state index contributed by atoms with van der Waals surface area (Å²) in [6.45, 7) is 0. The molecule has 18 heavy (non-hydrogen) atoms. The van der Waals surface area contributed by atoms with Crippen LogP contribution in [0.1, 0.15) is 16.8 Å². The van der Waals surface area contributed by atoms with Crippen LogP contribution in [0.25, 0.3) is 0 Å². The van der Waals surface area contributed by atoms with Crippen LogP contribution in [0, 0.1) is 0 Å². The molecule has 1 atom stereocenters. The normalized spacial score (nSPS) is 19.3. The maximum Gasteiger partial charge on any atom is 0.337 e. The molecule has 1 heterocycles. The SMILES string of the molecule is O=C(O)c1ccccc1N1C(=O)CSC1CCBr. The van der Waals surface area contributed by atoms with Crippen molar-refractivity contribution >= 4 is 45.3 Å². The fourth-order valence-electron chi connectivity index (χ4n) is 1.93. The highest BCUT2D eigenvalue weighted by atomic mass is 79.9. The summed E-state index contributed by atoms with van der Waals surface area (Å²) in [4.78, 5) is 24.7. The number of carboxylic acids is 1. The number of anilines is 1. The highest BCUT2D eigenvalue weighted by Gasteiger charge is 2.34. The third kappa shape index (κ3) is 2.54. The van der Waals surface area contributed by atoms with Gasteiger partial charge in [0.05, 0.1) is 22.4 Å². The van der Waals surface area contributed by atoms with Crippen molar-refractivity contribution < 1.29 is 14.7 Å². The second-order valence-electron chi connectivity index (χ2n) is 3.83. The summed E-state index contributed by atoms with van der Waals surface area (Å²) in [5, 5.41) is 9.97. The number of halogens is 1. The van der Waals surface area contributed by atoms with Crippen LogP contribution in [0.3, 0.4) is 0 Å². The van der Waals surface area contributed by atoms with Crippen LogP contribution in [0.15, 0.2) is 24.3 Å². The molecular weight excluding hydrogens is 318 g/mol. The van der Waals surface area contributed by atoms with E-state index in [1.807, 2.05) is 0 Å². The maximum atomic E-state index is 11.9. The number of para-hydroxylation sites is 1. The van der Waals surface area contributed by atoms with Crippen LogP contribution in [-0.4, -0.2) is 33.4 Å². The Hall–Kier alpha value is -1.01. The molecule has 1 aliphatic rings. The van der Waals surface area contributed by atoms with Gasteiger partial charge in [-0.1, -0.05) is 28.1 Å². The molecule has 1 aromatic rings. The van der Waals surface area contributed by atoms with Gasteiger partial charge in [0, 0.05) is 5.33 Å². The molecule has 4 nitrogen and oxygen atoms in total. The highest BCUT2D eigenvalue weighted by molar-refractivity contribution is 9.09. The Balaban J connectivity index is 2.40. The first-order valence-electron chi connectivity index (χ1n) is 5.47. The third-order valence-corrected chi connectivity index (χ3v) is 4.41. The van der Waals surface area contributed by atoms with Crippen LogP contribution < -0.4 is 4.90 Å². The molecule has 1 amide bonds. The van der Waals surface area contributed by atoms with Crippen LogP contribution in [-0.2, 0) is 4.79 Å². The van der Waals surface area contributed by atoms with Crippen LogP contribution in [0.2, 0.25) is 0 Å². The Morgan fingerprint density at radius 2 is 2.22 bits per heavy atom. The molecule has 6 heteroatoms. The van der Waals surface area contributed by atoms with Gasteiger partial charge in [-0.3, -0.25) is 9.69 Å². The van der Waals surface area contributed by atoms with E-state index in [0.717, 1.165) is 11.8 Å². The Kier molecular flexibility index (Phi) is 4.29. The molecule has 1 unspecified atom stereocenters. The van der Waals surface area contributed by atoms with Crippen molar-refractivity contribution in [2.45, 2.75) is 11.8 Å². The van der Waals surface area contributed by atoms with Gasteiger partial charge in [-0.2, -0.15) is 0 Å². The zero-order chi connectivity index (χ0) is 13.1. The molecular formula is C12H12BrNO3S. The zero-order valence-corrected chi connectivity index (χ0v) is 11.9. The van der Waals surface area contributed by atoms with E-state index in [2.05, 4.69) is 15.9 Å². The number of rotatable bonds is 4. The second-order valence-corrected chi connectivity index (χ2v) is 5.79. The number of nitrogens with zero attached hydrogens (tertiary/aromatic N) is 1. The number of hydrogen-bond donors (Lipinski definition) is 1. The number of amides is 1. The molecule has 2 rings (SSSR count). The van der Waals surface area contributed by atoms with Gasteiger partial charge in [-0.05, 0) is 18.6 Å². The summed E-state index contributed by atoms with van der Waals surface area (Å²) in [5.41, 5.74) is 0.666. The minimum Gasteiger partial charge on any atom is -0.478 e. The summed E-state index contributed by atoms with van der Waals surface area (Å²) in [6.07, 6.45) is 0.796. The summed E-state index contributed by atoms with van der Waals surface area (Å²) in [6, 6.07) is 6.64. The lowest BCUT2D eigenvalue weighted by molar-refractivity contribution is -0.115. The summed E-state index contributed by atoms with van der Waals surface area (Å²) < 4.78 is 0. The molecule has 0 aliphatic carbocycles. The number of carboxylic acid groups (broad SMARTS) is 1. The van der Waals surface area contributed by atoms with Gasteiger partial charge in [0.15, 0.2) is 0 Å². The molecule has 96 valence electrons. The molecule has 1 aromatic carbocycles. The predicted octanol–water partition coefficient (Wildman–Crippen LogP) is 2.58. The predicted molar refractivity (Wildman–Crippen MR) is 75.5 cm³/mol. The lowest BCUT2D eigenvalue weighted by Crippen LogP contribution is -2.34.